The summed E-state index contributed by atoms with van der Waals surface area (Å²) in [5, 5.41) is 19.6. The first-order valence-corrected chi connectivity index (χ1v) is 10.3. The predicted octanol–water partition coefficient (Wildman–Crippen LogP) is 3.66. The second-order valence-corrected chi connectivity index (χ2v) is 9.31. The van der Waals surface area contributed by atoms with Gasteiger partial charge in [-0.15, -0.1) is 0 Å². The third kappa shape index (κ3) is 6.58. The van der Waals surface area contributed by atoms with Crippen molar-refractivity contribution in [1.29, 1.82) is 0 Å². The summed E-state index contributed by atoms with van der Waals surface area (Å²) >= 11 is 0. The second kappa shape index (κ2) is 9.76. The van der Waals surface area contributed by atoms with E-state index in [2.05, 4.69) is 43.9 Å². The van der Waals surface area contributed by atoms with Crippen molar-refractivity contribution < 1.29 is 29.7 Å². The van der Waals surface area contributed by atoms with Crippen LogP contribution >= 0.6 is 0 Å². The van der Waals surface area contributed by atoms with E-state index in [0.717, 1.165) is 11.4 Å². The van der Waals surface area contributed by atoms with Gasteiger partial charge in [-0.05, 0) is 66.1 Å². The van der Waals surface area contributed by atoms with Crippen LogP contribution in [0.15, 0.2) is 48.5 Å². The molecule has 6 nitrogen and oxygen atoms in total. The summed E-state index contributed by atoms with van der Waals surface area (Å²) in [6.45, 7) is 12.5. The monoisotopic (exact) mass is 474 g/mol. The molecule has 2 aliphatic rings. The molecule has 2 aliphatic heterocycles. The summed E-state index contributed by atoms with van der Waals surface area (Å²) in [6.07, 6.45) is 0. The molecule has 2 heterocycles. The van der Waals surface area contributed by atoms with Gasteiger partial charge in [0.05, 0.1) is 11.2 Å². The molecule has 2 aromatic carbocycles. The number of hydrogen-bond acceptors (Lipinski definition) is 6. The first-order valence-electron chi connectivity index (χ1n) is 10.3. The molecule has 0 aliphatic carbocycles. The molecule has 4 rings (SSSR count). The van der Waals surface area contributed by atoms with Gasteiger partial charge in [0.1, 0.15) is 0 Å². The van der Waals surface area contributed by atoms with Crippen LogP contribution in [-0.2, 0) is 19.5 Å². The minimum absolute atomic E-state index is 0. The van der Waals surface area contributed by atoms with Crippen LogP contribution in [0.2, 0.25) is 0 Å². The van der Waals surface area contributed by atoms with E-state index < -0.39 is 11.2 Å². The van der Waals surface area contributed by atoms with Crippen molar-refractivity contribution in [3.8, 4) is 0 Å². The quantitative estimate of drug-likeness (QED) is 0.520. The number of rotatable bonds is 4. The standard InChI is InChI=1S/2C12H17N2O.Zn/c2*1-12(2,15)8-14-9-13(3)10-6-4-5-7-11(10)14;/h2*4-7,9,15H,8H2,1-3H3;/q2*-1;. The van der Waals surface area contributed by atoms with Crippen molar-refractivity contribution in [1.82, 2.24) is 0 Å². The van der Waals surface area contributed by atoms with Crippen molar-refractivity contribution in [2.45, 2.75) is 38.9 Å². The smallest absolute Gasteiger partial charge is 0.0741 e. The maximum absolute atomic E-state index is 9.81. The largest absolute Gasteiger partial charge is 0.504 e. The molecule has 2 aromatic rings. The van der Waals surface area contributed by atoms with Gasteiger partial charge in [-0.1, -0.05) is 24.3 Å². The first-order chi connectivity index (χ1) is 13.9. The molecule has 0 atom stereocenters. The van der Waals surface area contributed by atoms with Gasteiger partial charge in [0.25, 0.3) is 0 Å². The van der Waals surface area contributed by atoms with Crippen molar-refractivity contribution in [2.24, 2.45) is 0 Å². The molecule has 7 heteroatoms. The zero-order valence-corrected chi connectivity index (χ0v) is 22.5. The molecule has 31 heavy (non-hydrogen) atoms. The van der Waals surface area contributed by atoms with Crippen molar-refractivity contribution in [3.63, 3.8) is 0 Å². The molecule has 0 spiro atoms. The minimum Gasteiger partial charge on any atom is -0.504 e. The SMILES string of the molecule is CN1[CH-]N(CC(C)(C)O)c2ccccc21.CN1[CH-]N(CC(C)(C)O)c2ccccc21.[Zn]. The average Bonchev–Trinajstić information content (AvgIpc) is 3.11. The van der Waals surface area contributed by atoms with E-state index in [1.165, 1.54) is 11.4 Å². The molecule has 0 bridgehead atoms. The molecule has 166 valence electrons. The number of para-hydroxylation sites is 4. The number of hydrogen-bond donors (Lipinski definition) is 2. The van der Waals surface area contributed by atoms with Crippen LogP contribution in [0.25, 0.3) is 0 Å². The van der Waals surface area contributed by atoms with Gasteiger partial charge in [0.15, 0.2) is 0 Å². The van der Waals surface area contributed by atoms with Crippen molar-refractivity contribution in [2.75, 3.05) is 46.8 Å². The van der Waals surface area contributed by atoms with Gasteiger partial charge in [-0.2, -0.15) is 13.3 Å². The number of anilines is 4. The number of aliphatic hydroxyl groups is 2. The van der Waals surface area contributed by atoms with Crippen LogP contribution in [-0.4, -0.2) is 48.6 Å². The van der Waals surface area contributed by atoms with Crippen LogP contribution < -0.4 is 19.6 Å². The molecule has 0 saturated carbocycles. The van der Waals surface area contributed by atoms with Crippen LogP contribution in [0.1, 0.15) is 27.7 Å². The Hall–Kier alpha value is -1.82. The first kappa shape index (κ1) is 25.4. The Morgan fingerprint density at radius 2 is 0.935 bits per heavy atom. The van der Waals surface area contributed by atoms with E-state index in [0.29, 0.717) is 13.1 Å². The van der Waals surface area contributed by atoms with E-state index in [9.17, 15) is 10.2 Å². The molecule has 0 aromatic heterocycles. The van der Waals surface area contributed by atoms with Crippen LogP contribution in [0.4, 0.5) is 22.7 Å². The topological polar surface area (TPSA) is 53.4 Å². The van der Waals surface area contributed by atoms with Gasteiger partial charge in [-0.25, -0.2) is 0 Å². The van der Waals surface area contributed by atoms with Crippen LogP contribution in [0.5, 0.6) is 0 Å². The average molecular weight is 476 g/mol. The Labute approximate surface area is 199 Å². The number of β-amino-alcohol motifs (C(OH)–C–C–N with tert-alkyl or cyclic N) is 2. The van der Waals surface area contributed by atoms with E-state index in [1.54, 1.807) is 0 Å². The summed E-state index contributed by atoms with van der Waals surface area (Å²) in [6, 6.07) is 16.4. The van der Waals surface area contributed by atoms with Gasteiger partial charge < -0.3 is 29.8 Å². The van der Waals surface area contributed by atoms with Gasteiger partial charge in [-0.3, -0.25) is 0 Å². The fourth-order valence-corrected chi connectivity index (χ4v) is 3.76. The van der Waals surface area contributed by atoms with Gasteiger partial charge in [0, 0.05) is 55.3 Å². The van der Waals surface area contributed by atoms with Gasteiger partial charge in [0.2, 0.25) is 0 Å². The zero-order valence-electron chi connectivity index (χ0n) is 19.6. The van der Waals surface area contributed by atoms with Gasteiger partial charge >= 0.3 is 0 Å². The molecule has 0 unspecified atom stereocenters. The fraction of sp³-hybridized carbons (Fsp3) is 0.417. The molecule has 0 saturated heterocycles. The third-order valence-electron chi connectivity index (χ3n) is 4.88. The predicted molar refractivity (Wildman–Crippen MR) is 126 cm³/mol. The summed E-state index contributed by atoms with van der Waals surface area (Å²) < 4.78 is 0. The van der Waals surface area contributed by atoms with E-state index >= 15 is 0 Å². The maximum atomic E-state index is 9.81. The number of benzene rings is 2. The van der Waals surface area contributed by atoms with Crippen LogP contribution in [0, 0.1) is 13.3 Å². The molecule has 0 fully saturated rings. The Kier molecular flexibility index (Phi) is 8.01. The molecule has 0 radical (unpaired) electrons. The Morgan fingerprint density at radius 1 is 0.645 bits per heavy atom. The van der Waals surface area contributed by atoms with Crippen molar-refractivity contribution in [3.05, 3.63) is 61.9 Å². The molecule has 2 N–H and O–H groups in total. The maximum Gasteiger partial charge on any atom is 0.0741 e. The fourth-order valence-electron chi connectivity index (χ4n) is 3.76. The van der Waals surface area contributed by atoms with E-state index in [-0.39, 0.29) is 19.5 Å². The zero-order chi connectivity index (χ0) is 22.1. The Balaban J connectivity index is 0.000000213. The molecular weight excluding hydrogens is 442 g/mol. The second-order valence-electron chi connectivity index (χ2n) is 9.31. The Morgan fingerprint density at radius 3 is 1.23 bits per heavy atom. The summed E-state index contributed by atoms with van der Waals surface area (Å²) in [5.74, 6) is 0. The summed E-state index contributed by atoms with van der Waals surface area (Å²) in [4.78, 5) is 8.30. The van der Waals surface area contributed by atoms with Crippen molar-refractivity contribution >= 4 is 22.7 Å². The Bertz CT molecular complexity index is 792. The third-order valence-corrected chi connectivity index (χ3v) is 4.88. The van der Waals surface area contributed by atoms with Crippen LogP contribution in [0.3, 0.4) is 0 Å². The number of nitrogens with zero attached hydrogens (tertiary/aromatic N) is 4. The summed E-state index contributed by atoms with van der Waals surface area (Å²) in [5.41, 5.74) is 3.30. The van der Waals surface area contributed by atoms with E-state index in [1.807, 2.05) is 79.4 Å². The molecule has 0 amide bonds. The minimum atomic E-state index is -0.686. The number of fused-ring (bicyclic) bond motifs is 2. The summed E-state index contributed by atoms with van der Waals surface area (Å²) in [7, 11) is 4.03. The molecular formula is C24H34N4O2Zn-2. The van der Waals surface area contributed by atoms with E-state index in [4.69, 9.17) is 0 Å². The normalized spacial score (nSPS) is 15.2.